The van der Waals surface area contributed by atoms with Crippen LogP contribution < -0.4 is 0 Å². The van der Waals surface area contributed by atoms with E-state index in [1.807, 2.05) is 0 Å². The van der Waals surface area contributed by atoms with Gasteiger partial charge in [-0.2, -0.15) is 21.6 Å². The minimum absolute atomic E-state index is 0.830. The molecule has 0 unspecified atom stereocenters. The molecule has 0 saturated heterocycles. The molecule has 0 aliphatic carbocycles. The first-order valence-electron chi connectivity index (χ1n) is 2.90. The maximum atomic E-state index is 11.7. The molecule has 0 N–H and O–H groups in total. The third-order valence-corrected chi connectivity index (χ3v) is 1.89. The van der Waals surface area contributed by atoms with Crippen LogP contribution in [0.4, 0.5) is 13.2 Å². The third-order valence-electron chi connectivity index (χ3n) is 0.907. The molecule has 0 saturated carbocycles. The van der Waals surface area contributed by atoms with Crippen LogP contribution in [0.5, 0.6) is 0 Å². The van der Waals surface area contributed by atoms with Crippen molar-refractivity contribution in [3.05, 3.63) is 12.3 Å². The van der Waals surface area contributed by atoms with Gasteiger partial charge in [-0.1, -0.05) is 0 Å². The Morgan fingerprint density at radius 1 is 1.36 bits per heavy atom. The van der Waals surface area contributed by atoms with Gasteiger partial charge >= 0.3 is 21.6 Å². The summed E-state index contributed by atoms with van der Waals surface area (Å²) in [5, 5.41) is 0. The highest BCUT2D eigenvalue weighted by atomic mass is 32.2. The van der Waals surface area contributed by atoms with Gasteiger partial charge in [-0.15, -0.1) is 0 Å². The Labute approximate surface area is 77.2 Å². The van der Waals surface area contributed by atoms with E-state index < -0.39 is 27.4 Å². The molecule has 0 rings (SSSR count). The van der Waals surface area contributed by atoms with Gasteiger partial charge in [0.25, 0.3) is 0 Å². The van der Waals surface area contributed by atoms with Gasteiger partial charge in [-0.3, -0.25) is 0 Å². The van der Waals surface area contributed by atoms with Crippen LogP contribution in [0.15, 0.2) is 12.3 Å². The summed E-state index contributed by atoms with van der Waals surface area (Å²) in [4.78, 5) is 10.4. The number of carbonyl (C=O) groups excluding carboxylic acids is 1. The van der Waals surface area contributed by atoms with Crippen LogP contribution in [0.25, 0.3) is 0 Å². The zero-order valence-corrected chi connectivity index (χ0v) is 7.61. The van der Waals surface area contributed by atoms with E-state index in [0.717, 1.165) is 7.11 Å². The molecular weight excluding hydrogens is 229 g/mol. The number of hydrogen-bond donors (Lipinski definition) is 0. The number of methoxy groups -OCH3 is 1. The maximum absolute atomic E-state index is 11.7. The molecule has 0 aliphatic rings. The molecule has 0 amide bonds. The molecule has 9 heteroatoms. The highest BCUT2D eigenvalue weighted by Gasteiger charge is 2.49. The molecule has 0 heterocycles. The molecular formula is C5H5F3O5S. The summed E-state index contributed by atoms with van der Waals surface area (Å²) >= 11 is 0. The summed E-state index contributed by atoms with van der Waals surface area (Å²) in [6.07, 6.45) is 0. The SMILES string of the molecule is C=C(OS(=O)(=O)C(F)(F)F)C(=O)OC. The van der Waals surface area contributed by atoms with Crippen molar-refractivity contribution in [2.45, 2.75) is 5.51 Å². The molecule has 0 spiro atoms. The van der Waals surface area contributed by atoms with Gasteiger partial charge in [0, 0.05) is 0 Å². The number of halogens is 3. The van der Waals surface area contributed by atoms with Gasteiger partial charge in [0.2, 0.25) is 5.76 Å². The number of hydrogen-bond acceptors (Lipinski definition) is 5. The largest absolute Gasteiger partial charge is 0.534 e. The summed E-state index contributed by atoms with van der Waals surface area (Å²) < 4.78 is 62.7. The first-order chi connectivity index (χ1) is 6.12. The Bertz CT molecular complexity index is 341. The quantitative estimate of drug-likeness (QED) is 0.234. The van der Waals surface area contributed by atoms with E-state index in [9.17, 15) is 26.4 Å². The van der Waals surface area contributed by atoms with Crippen LogP contribution in [0.3, 0.4) is 0 Å². The van der Waals surface area contributed by atoms with Gasteiger partial charge in [-0.25, -0.2) is 4.79 Å². The summed E-state index contributed by atoms with van der Waals surface area (Å²) in [6, 6.07) is 0. The fraction of sp³-hybridized carbons (Fsp3) is 0.400. The van der Waals surface area contributed by atoms with E-state index in [2.05, 4.69) is 15.5 Å². The lowest BCUT2D eigenvalue weighted by Crippen LogP contribution is -2.26. The normalized spacial score (nSPS) is 12.0. The molecule has 82 valence electrons. The molecule has 0 aromatic heterocycles. The Morgan fingerprint density at radius 2 is 1.79 bits per heavy atom. The van der Waals surface area contributed by atoms with Crippen molar-refractivity contribution in [2.24, 2.45) is 0 Å². The standard InChI is InChI=1S/C5H5F3O5S/c1-3(4(9)12-2)13-14(10,11)5(6,7)8/h1H2,2H3. The van der Waals surface area contributed by atoms with Crippen molar-refractivity contribution < 1.29 is 35.3 Å². The van der Waals surface area contributed by atoms with E-state index >= 15 is 0 Å². The summed E-state index contributed by atoms with van der Waals surface area (Å²) in [5.74, 6) is -2.66. The predicted molar refractivity (Wildman–Crippen MR) is 37.2 cm³/mol. The Balaban J connectivity index is 4.72. The van der Waals surface area contributed by atoms with Crippen LogP contribution in [0.1, 0.15) is 0 Å². The molecule has 14 heavy (non-hydrogen) atoms. The zero-order chi connectivity index (χ0) is 11.6. The van der Waals surface area contributed by atoms with Crippen molar-refractivity contribution in [3.63, 3.8) is 0 Å². The fourth-order valence-electron chi connectivity index (χ4n) is 0.328. The summed E-state index contributed by atoms with van der Waals surface area (Å²) in [7, 11) is -5.02. The smallest absolute Gasteiger partial charge is 0.463 e. The van der Waals surface area contributed by atoms with Crippen LogP contribution in [-0.4, -0.2) is 27.0 Å². The highest BCUT2D eigenvalue weighted by molar-refractivity contribution is 7.87. The summed E-state index contributed by atoms with van der Waals surface area (Å²) in [5.41, 5.74) is -5.61. The Morgan fingerprint density at radius 3 is 2.07 bits per heavy atom. The topological polar surface area (TPSA) is 69.7 Å². The molecule has 0 aromatic rings. The van der Waals surface area contributed by atoms with E-state index in [-0.39, 0.29) is 0 Å². The minimum Gasteiger partial charge on any atom is -0.463 e. The predicted octanol–water partition coefficient (Wildman–Crippen LogP) is 0.539. The van der Waals surface area contributed by atoms with Gasteiger partial charge in [0.05, 0.1) is 7.11 Å². The minimum atomic E-state index is -5.85. The number of alkyl halides is 3. The van der Waals surface area contributed by atoms with Crippen molar-refractivity contribution in [1.29, 1.82) is 0 Å². The van der Waals surface area contributed by atoms with Crippen LogP contribution in [0, 0.1) is 0 Å². The van der Waals surface area contributed by atoms with E-state index in [0.29, 0.717) is 0 Å². The van der Waals surface area contributed by atoms with Crippen LogP contribution >= 0.6 is 0 Å². The van der Waals surface area contributed by atoms with Gasteiger partial charge in [-0.05, 0) is 6.58 Å². The van der Waals surface area contributed by atoms with Crippen molar-refractivity contribution in [3.8, 4) is 0 Å². The lowest BCUT2D eigenvalue weighted by Gasteiger charge is -2.09. The number of carbonyl (C=O) groups is 1. The van der Waals surface area contributed by atoms with E-state index in [4.69, 9.17) is 0 Å². The van der Waals surface area contributed by atoms with Crippen molar-refractivity contribution in [1.82, 2.24) is 0 Å². The second kappa shape index (κ2) is 3.86. The van der Waals surface area contributed by atoms with Crippen molar-refractivity contribution in [2.75, 3.05) is 7.11 Å². The number of rotatable bonds is 3. The molecule has 5 nitrogen and oxygen atoms in total. The first kappa shape index (κ1) is 12.8. The zero-order valence-electron chi connectivity index (χ0n) is 6.79. The second-order valence-corrected chi connectivity index (χ2v) is 3.44. The highest BCUT2D eigenvalue weighted by Crippen LogP contribution is 2.26. The summed E-state index contributed by atoms with van der Waals surface area (Å²) in [6.45, 7) is 2.65. The molecule has 0 atom stereocenters. The number of ether oxygens (including phenoxy) is 1. The maximum Gasteiger partial charge on any atom is 0.534 e. The van der Waals surface area contributed by atoms with E-state index in [1.54, 1.807) is 0 Å². The molecule has 0 aliphatic heterocycles. The average molecular weight is 234 g/mol. The van der Waals surface area contributed by atoms with Gasteiger partial charge in [0.1, 0.15) is 0 Å². The second-order valence-electron chi connectivity index (χ2n) is 1.90. The number of esters is 1. The van der Waals surface area contributed by atoms with Crippen LogP contribution in [0.2, 0.25) is 0 Å². The Hall–Kier alpha value is -1.25. The Kier molecular flexibility index (Phi) is 3.52. The lowest BCUT2D eigenvalue weighted by atomic mass is 10.6. The fourth-order valence-corrected chi connectivity index (χ4v) is 0.755. The molecule has 0 bridgehead atoms. The third kappa shape index (κ3) is 2.91. The molecule has 0 fully saturated rings. The monoisotopic (exact) mass is 234 g/mol. The molecule has 0 radical (unpaired) electrons. The van der Waals surface area contributed by atoms with Gasteiger partial charge < -0.3 is 8.92 Å². The van der Waals surface area contributed by atoms with E-state index in [1.165, 1.54) is 0 Å². The molecule has 0 aromatic carbocycles. The van der Waals surface area contributed by atoms with Crippen LogP contribution in [-0.2, 0) is 23.8 Å². The van der Waals surface area contributed by atoms with Crippen molar-refractivity contribution >= 4 is 16.1 Å². The lowest BCUT2D eigenvalue weighted by molar-refractivity contribution is -0.138. The first-order valence-corrected chi connectivity index (χ1v) is 4.30. The van der Waals surface area contributed by atoms with Gasteiger partial charge in [0.15, 0.2) is 0 Å². The average Bonchev–Trinajstić information content (AvgIpc) is 2.00.